The van der Waals surface area contributed by atoms with Crippen LogP contribution in [0, 0.1) is 0 Å². The van der Waals surface area contributed by atoms with Gasteiger partial charge in [0, 0.05) is 19.6 Å². The zero-order valence-corrected chi connectivity index (χ0v) is 11.0. The van der Waals surface area contributed by atoms with Gasteiger partial charge in [-0.05, 0) is 6.42 Å². The van der Waals surface area contributed by atoms with Gasteiger partial charge in [0.2, 0.25) is 0 Å². The van der Waals surface area contributed by atoms with Crippen LogP contribution in [0.5, 0.6) is 0 Å². The van der Waals surface area contributed by atoms with Crippen molar-refractivity contribution >= 4 is 0 Å². The van der Waals surface area contributed by atoms with E-state index in [2.05, 4.69) is 4.74 Å². The maximum absolute atomic E-state index is 12.3. The van der Waals surface area contributed by atoms with Gasteiger partial charge < -0.3 is 9.47 Å². The summed E-state index contributed by atoms with van der Waals surface area (Å²) < 4.78 is 51.5. The molecule has 112 valence electrons. The van der Waals surface area contributed by atoms with Crippen molar-refractivity contribution in [3.63, 3.8) is 0 Å². The lowest BCUT2D eigenvalue weighted by Crippen LogP contribution is -2.40. The molecule has 0 N–H and O–H groups in total. The number of epoxide rings is 2. The minimum Gasteiger partial charge on any atom is -0.372 e. The number of halogens is 3. The zero-order valence-electron chi connectivity index (χ0n) is 11.0. The van der Waals surface area contributed by atoms with E-state index in [0.717, 1.165) is 0 Å². The first kappa shape index (κ1) is 15.0. The van der Waals surface area contributed by atoms with Crippen molar-refractivity contribution in [3.8, 4) is 0 Å². The summed E-state index contributed by atoms with van der Waals surface area (Å²) in [4.78, 5) is 1.96. The zero-order chi connectivity index (χ0) is 13.9. The van der Waals surface area contributed by atoms with Crippen LogP contribution in [-0.2, 0) is 14.2 Å². The Morgan fingerprint density at radius 2 is 1.74 bits per heavy atom. The molecule has 2 fully saturated rings. The first-order chi connectivity index (χ1) is 8.96. The van der Waals surface area contributed by atoms with Crippen LogP contribution in [0.2, 0.25) is 0 Å². The summed E-state index contributed by atoms with van der Waals surface area (Å²) in [7, 11) is 0. The second-order valence-electron chi connectivity index (χ2n) is 5.10. The topological polar surface area (TPSA) is 37.5 Å². The molecular formula is C12H20F3NO3. The molecule has 2 aliphatic heterocycles. The number of hydrogen-bond acceptors (Lipinski definition) is 4. The van der Waals surface area contributed by atoms with Crippen LogP contribution in [0.1, 0.15) is 19.8 Å². The molecule has 0 spiro atoms. The molecule has 2 saturated heterocycles. The Balaban J connectivity index is 1.82. The van der Waals surface area contributed by atoms with Crippen molar-refractivity contribution in [2.24, 2.45) is 0 Å². The lowest BCUT2D eigenvalue weighted by atomic mass is 10.2. The first-order valence-corrected chi connectivity index (χ1v) is 6.66. The van der Waals surface area contributed by atoms with Crippen molar-refractivity contribution in [1.29, 1.82) is 0 Å². The van der Waals surface area contributed by atoms with Crippen molar-refractivity contribution in [2.75, 3.05) is 32.8 Å². The molecular weight excluding hydrogens is 263 g/mol. The van der Waals surface area contributed by atoms with Crippen molar-refractivity contribution in [1.82, 2.24) is 4.90 Å². The maximum Gasteiger partial charge on any atom is 0.522 e. The highest BCUT2D eigenvalue weighted by Gasteiger charge is 2.36. The molecule has 0 aromatic rings. The van der Waals surface area contributed by atoms with Crippen molar-refractivity contribution < 1.29 is 27.4 Å². The average molecular weight is 283 g/mol. The molecule has 0 bridgehead atoms. The van der Waals surface area contributed by atoms with E-state index in [9.17, 15) is 13.2 Å². The molecule has 2 heterocycles. The van der Waals surface area contributed by atoms with E-state index in [1.807, 2.05) is 11.8 Å². The fourth-order valence-corrected chi connectivity index (χ4v) is 2.13. The van der Waals surface area contributed by atoms with Crippen LogP contribution in [0.25, 0.3) is 0 Å². The smallest absolute Gasteiger partial charge is 0.372 e. The Morgan fingerprint density at radius 1 is 1.21 bits per heavy atom. The van der Waals surface area contributed by atoms with Gasteiger partial charge in [-0.1, -0.05) is 13.3 Å². The standard InChI is InChI=1S/C12H20F3NO3/c1-2-3-9(19-12(13,14)15)4-16(5-10-7-17-10)6-11-8-18-11/h9-11H,2-8H2,1H3. The average Bonchev–Trinajstić information content (AvgIpc) is 3.11. The summed E-state index contributed by atoms with van der Waals surface area (Å²) in [5.74, 6) is 0. The van der Waals surface area contributed by atoms with Crippen LogP contribution < -0.4 is 0 Å². The van der Waals surface area contributed by atoms with E-state index < -0.39 is 12.5 Å². The van der Waals surface area contributed by atoms with E-state index in [1.165, 1.54) is 0 Å². The van der Waals surface area contributed by atoms with Gasteiger partial charge in [0.25, 0.3) is 0 Å². The molecule has 0 saturated carbocycles. The van der Waals surface area contributed by atoms with Crippen molar-refractivity contribution in [2.45, 2.75) is 44.4 Å². The van der Waals surface area contributed by atoms with Crippen LogP contribution in [0.15, 0.2) is 0 Å². The second-order valence-corrected chi connectivity index (χ2v) is 5.10. The lowest BCUT2D eigenvalue weighted by molar-refractivity contribution is -0.344. The summed E-state index contributed by atoms with van der Waals surface area (Å²) >= 11 is 0. The summed E-state index contributed by atoms with van der Waals surface area (Å²) in [6, 6.07) is 0. The normalized spacial score (nSPS) is 27.6. The van der Waals surface area contributed by atoms with Gasteiger partial charge in [-0.25, -0.2) is 0 Å². The van der Waals surface area contributed by atoms with Gasteiger partial charge in [0.05, 0.1) is 31.5 Å². The molecule has 0 aromatic heterocycles. The SMILES string of the molecule is CCCC(CN(CC1CO1)CC1CO1)OC(F)(F)F. The Hall–Kier alpha value is -0.370. The number of rotatable bonds is 9. The molecule has 3 unspecified atom stereocenters. The Bertz CT molecular complexity index is 266. The third-order valence-corrected chi connectivity index (χ3v) is 3.10. The molecule has 2 aliphatic rings. The third kappa shape index (κ3) is 6.56. The fourth-order valence-electron chi connectivity index (χ4n) is 2.13. The highest BCUT2D eigenvalue weighted by molar-refractivity contribution is 4.81. The van der Waals surface area contributed by atoms with E-state index in [1.54, 1.807) is 0 Å². The third-order valence-electron chi connectivity index (χ3n) is 3.10. The number of hydrogen-bond donors (Lipinski definition) is 0. The molecule has 3 atom stereocenters. The molecule has 0 aliphatic carbocycles. The Kier molecular flexibility index (Phi) is 5.05. The minimum atomic E-state index is -4.57. The van der Waals surface area contributed by atoms with Gasteiger partial charge in [0.15, 0.2) is 0 Å². The van der Waals surface area contributed by atoms with Crippen LogP contribution in [0.3, 0.4) is 0 Å². The van der Waals surface area contributed by atoms with Crippen LogP contribution in [0.4, 0.5) is 13.2 Å². The molecule has 0 amide bonds. The van der Waals surface area contributed by atoms with Gasteiger partial charge in [-0.2, -0.15) is 0 Å². The predicted molar refractivity (Wildman–Crippen MR) is 61.8 cm³/mol. The monoisotopic (exact) mass is 283 g/mol. The lowest BCUT2D eigenvalue weighted by Gasteiger charge is -2.27. The van der Waals surface area contributed by atoms with E-state index >= 15 is 0 Å². The maximum atomic E-state index is 12.3. The summed E-state index contributed by atoms with van der Waals surface area (Å²) in [5, 5.41) is 0. The fraction of sp³-hybridized carbons (Fsp3) is 1.00. The van der Waals surface area contributed by atoms with Crippen LogP contribution in [-0.4, -0.2) is 62.4 Å². The molecule has 0 aromatic carbocycles. The number of ether oxygens (including phenoxy) is 3. The predicted octanol–water partition coefficient (Wildman–Crippen LogP) is 1.79. The Morgan fingerprint density at radius 3 is 2.11 bits per heavy atom. The minimum absolute atomic E-state index is 0.159. The highest BCUT2D eigenvalue weighted by atomic mass is 19.4. The number of alkyl halides is 3. The largest absolute Gasteiger partial charge is 0.522 e. The molecule has 19 heavy (non-hydrogen) atoms. The molecule has 4 nitrogen and oxygen atoms in total. The Labute approximate surface area is 110 Å². The van der Waals surface area contributed by atoms with Gasteiger partial charge in [-0.15, -0.1) is 13.2 Å². The first-order valence-electron chi connectivity index (χ1n) is 6.66. The molecule has 0 radical (unpaired) electrons. The highest BCUT2D eigenvalue weighted by Crippen LogP contribution is 2.23. The summed E-state index contributed by atoms with van der Waals surface area (Å²) in [5.41, 5.74) is 0. The summed E-state index contributed by atoms with van der Waals surface area (Å²) in [6.45, 7) is 4.82. The quantitative estimate of drug-likeness (QED) is 0.605. The van der Waals surface area contributed by atoms with E-state index in [4.69, 9.17) is 9.47 Å². The molecule has 2 rings (SSSR count). The van der Waals surface area contributed by atoms with E-state index in [0.29, 0.717) is 39.1 Å². The van der Waals surface area contributed by atoms with E-state index in [-0.39, 0.29) is 18.8 Å². The second kappa shape index (κ2) is 6.39. The van der Waals surface area contributed by atoms with Crippen molar-refractivity contribution in [3.05, 3.63) is 0 Å². The van der Waals surface area contributed by atoms with Gasteiger partial charge >= 0.3 is 6.36 Å². The summed E-state index contributed by atoms with van der Waals surface area (Å²) in [6.07, 6.45) is -4.01. The van der Waals surface area contributed by atoms with Gasteiger partial charge in [0.1, 0.15) is 0 Å². The van der Waals surface area contributed by atoms with Crippen LogP contribution >= 0.6 is 0 Å². The molecule has 7 heteroatoms. The number of nitrogens with zero attached hydrogens (tertiary/aromatic N) is 1. The van der Waals surface area contributed by atoms with Gasteiger partial charge in [-0.3, -0.25) is 9.64 Å².